The van der Waals surface area contributed by atoms with Gasteiger partial charge in [0.2, 0.25) is 0 Å². The van der Waals surface area contributed by atoms with Gasteiger partial charge in [-0.3, -0.25) is 0 Å². The molecule has 106 heavy (non-hydrogen) atoms. The van der Waals surface area contributed by atoms with E-state index in [1.54, 1.807) is 0 Å². The molecule has 9 heterocycles. The minimum atomic E-state index is -2.42. The number of nitrogens with two attached hydrogens (primary N) is 1. The van der Waals surface area contributed by atoms with Crippen molar-refractivity contribution in [1.29, 1.82) is 0 Å². The molecule has 0 bridgehead atoms. The molecular weight excluding hydrogens is 1460 g/mol. The monoisotopic (exact) mass is 1560 g/mol. The van der Waals surface area contributed by atoms with Gasteiger partial charge in [0, 0.05) is 6.61 Å². The zero-order chi connectivity index (χ0) is 77.6. The van der Waals surface area contributed by atoms with Crippen molar-refractivity contribution in [3.8, 4) is 0 Å². The number of aliphatic hydroxyl groups is 28. The van der Waals surface area contributed by atoms with Gasteiger partial charge in [-0.15, -0.1) is 0 Å². The lowest BCUT2D eigenvalue weighted by atomic mass is 9.95. The second-order valence-electron chi connectivity index (χ2n) is 27.0. The fourth-order valence-electron chi connectivity index (χ4n) is 13.4. The van der Waals surface area contributed by atoms with E-state index in [-0.39, 0.29) is 19.6 Å². The van der Waals surface area contributed by atoms with Gasteiger partial charge in [0.25, 0.3) is 0 Å². The molecule has 0 radical (unpaired) electrons. The molecule has 45 atom stereocenters. The average Bonchev–Trinajstić information content (AvgIpc) is 0.778. The van der Waals surface area contributed by atoms with Crippen LogP contribution in [0.15, 0.2) is 0 Å². The standard InChI is InChI=1S/C59H103NO46/c60-4-2-1-3-5-89-51-43(87)45(101-58-50(39(83)30(74)20(11-66)97-58)106-59-49(38(82)29(73)21(12-67)98-59)105-55-42(86)35(79)26(70)17(8-63)94-55)31(75)22(99-51)13-90-52-44(88)46(102-57-48(37(81)28(72)19(10-65)96-57)104-54-41(85)34(78)25(69)16(7-62)93-54)32(76)23(100-52)14-91-56-47(36(80)27(71)18(9-64)95-56)103-53-40(84)33(77)24(68)15(6-61)92-53/h15-59,61-88H,1-14,60H2/t15-,16-,17-,18-,19-,20-,21-,22-,23-,24-,25-,26-,27-,28-,29-,30-,31-,32-,33+,34+,35+,36+,37+,38+,39+,40+,41+,42+,43+,44+,45+,46+,47+,48+,49+,50+,51-,52+,53-,54-,55-,56+,57-,58-,59-/m1/s1. The highest BCUT2D eigenvalue weighted by Gasteiger charge is 2.60. The lowest BCUT2D eigenvalue weighted by Gasteiger charge is -2.50. The van der Waals surface area contributed by atoms with Crippen LogP contribution in [-0.2, 0) is 85.3 Å². The zero-order valence-electron chi connectivity index (χ0n) is 56.3. The molecule has 9 rings (SSSR count). The van der Waals surface area contributed by atoms with Crippen LogP contribution in [-0.4, -0.2) is 492 Å². The molecule has 47 nitrogen and oxygen atoms in total. The summed E-state index contributed by atoms with van der Waals surface area (Å²) in [6, 6.07) is 0. The van der Waals surface area contributed by atoms with Crippen molar-refractivity contribution in [3.05, 3.63) is 0 Å². The maximum Gasteiger partial charge on any atom is 0.187 e. The van der Waals surface area contributed by atoms with E-state index in [9.17, 15) is 143 Å². The van der Waals surface area contributed by atoms with Gasteiger partial charge in [-0.25, -0.2) is 0 Å². The van der Waals surface area contributed by atoms with Crippen molar-refractivity contribution in [2.75, 3.05) is 72.6 Å². The highest BCUT2D eigenvalue weighted by molar-refractivity contribution is 5.02. The number of rotatable bonds is 31. The Hall–Kier alpha value is -1.88. The van der Waals surface area contributed by atoms with Crippen LogP contribution in [0.25, 0.3) is 0 Å². The van der Waals surface area contributed by atoms with E-state index < -0.39 is 336 Å². The summed E-state index contributed by atoms with van der Waals surface area (Å²) in [4.78, 5) is 0. The summed E-state index contributed by atoms with van der Waals surface area (Å²) in [5.41, 5.74) is 5.69. The molecular formula is C59H103NO46. The van der Waals surface area contributed by atoms with Crippen molar-refractivity contribution in [1.82, 2.24) is 0 Å². The molecule has 0 aromatic rings. The third kappa shape index (κ3) is 19.2. The summed E-state index contributed by atoms with van der Waals surface area (Å²) >= 11 is 0. The van der Waals surface area contributed by atoms with Gasteiger partial charge in [0.05, 0.1) is 59.5 Å². The fourth-order valence-corrected chi connectivity index (χ4v) is 13.4. The van der Waals surface area contributed by atoms with Crippen LogP contribution in [0.5, 0.6) is 0 Å². The van der Waals surface area contributed by atoms with Gasteiger partial charge in [0.15, 0.2) is 56.6 Å². The molecule has 0 aromatic heterocycles. The first-order valence-corrected chi connectivity index (χ1v) is 34.4. The summed E-state index contributed by atoms with van der Waals surface area (Å²) in [5, 5.41) is 306. The molecule has 9 aliphatic heterocycles. The fraction of sp³-hybridized carbons (Fsp3) is 1.00. The van der Waals surface area contributed by atoms with E-state index in [2.05, 4.69) is 0 Å². The van der Waals surface area contributed by atoms with E-state index in [1.807, 2.05) is 0 Å². The highest BCUT2D eigenvalue weighted by Crippen LogP contribution is 2.40. The van der Waals surface area contributed by atoms with E-state index in [0.717, 1.165) is 0 Å². The van der Waals surface area contributed by atoms with Gasteiger partial charge in [-0.05, 0) is 25.8 Å². The number of ether oxygens (including phenoxy) is 18. The van der Waals surface area contributed by atoms with Crippen molar-refractivity contribution in [2.24, 2.45) is 5.73 Å². The molecule has 0 unspecified atom stereocenters. The second-order valence-corrected chi connectivity index (χ2v) is 27.0. The molecule has 0 saturated carbocycles. The maximum atomic E-state index is 12.4. The summed E-state index contributed by atoms with van der Waals surface area (Å²) in [6.45, 7) is -9.34. The number of hydrogen-bond acceptors (Lipinski definition) is 47. The Morgan fingerprint density at radius 2 is 0.434 bits per heavy atom. The quantitative estimate of drug-likeness (QED) is 0.0287. The first-order chi connectivity index (χ1) is 50.4. The Morgan fingerprint density at radius 1 is 0.198 bits per heavy atom. The van der Waals surface area contributed by atoms with Crippen LogP contribution in [0.4, 0.5) is 0 Å². The van der Waals surface area contributed by atoms with E-state index in [4.69, 9.17) is 91.0 Å². The van der Waals surface area contributed by atoms with Gasteiger partial charge in [-0.2, -0.15) is 0 Å². The van der Waals surface area contributed by atoms with Gasteiger partial charge >= 0.3 is 0 Å². The zero-order valence-corrected chi connectivity index (χ0v) is 56.3. The molecule has 9 saturated heterocycles. The Labute approximate surface area is 600 Å². The van der Waals surface area contributed by atoms with Crippen LogP contribution in [0, 0.1) is 0 Å². The average molecular weight is 1560 g/mol. The first kappa shape index (κ1) is 88.1. The predicted octanol–water partition coefficient (Wildman–Crippen LogP) is -19.5. The summed E-state index contributed by atoms with van der Waals surface area (Å²) < 4.78 is 105. The molecule has 0 aromatic carbocycles. The van der Waals surface area contributed by atoms with E-state index in [1.165, 1.54) is 0 Å². The Kier molecular flexibility index (Phi) is 32.8. The topological polar surface area (TPSA) is 759 Å². The van der Waals surface area contributed by atoms with E-state index >= 15 is 0 Å². The molecule has 9 aliphatic rings. The Balaban J connectivity index is 1.02. The van der Waals surface area contributed by atoms with Crippen LogP contribution >= 0.6 is 0 Å². The third-order valence-electron chi connectivity index (χ3n) is 19.9. The van der Waals surface area contributed by atoms with Gasteiger partial charge < -0.3 is 234 Å². The Bertz CT molecular complexity index is 2570. The van der Waals surface area contributed by atoms with Crippen LogP contribution in [0.3, 0.4) is 0 Å². The van der Waals surface area contributed by atoms with Crippen molar-refractivity contribution < 1.29 is 228 Å². The Morgan fingerprint density at radius 3 is 0.736 bits per heavy atom. The first-order valence-electron chi connectivity index (χ1n) is 34.4. The highest BCUT2D eigenvalue weighted by atomic mass is 16.8. The largest absolute Gasteiger partial charge is 0.394 e. The predicted molar refractivity (Wildman–Crippen MR) is 324 cm³/mol. The van der Waals surface area contributed by atoms with Crippen molar-refractivity contribution in [2.45, 2.75) is 296 Å². The number of unbranched alkanes of at least 4 members (excludes halogenated alkanes) is 2. The van der Waals surface area contributed by atoms with Crippen LogP contribution in [0.2, 0.25) is 0 Å². The lowest BCUT2D eigenvalue weighted by Crippen LogP contribution is -2.68. The van der Waals surface area contributed by atoms with Crippen LogP contribution < -0.4 is 5.73 Å². The van der Waals surface area contributed by atoms with Gasteiger partial charge in [0.1, 0.15) is 220 Å². The summed E-state index contributed by atoms with van der Waals surface area (Å²) in [7, 11) is 0. The molecule has 0 amide bonds. The van der Waals surface area contributed by atoms with Crippen LogP contribution in [0.1, 0.15) is 19.3 Å². The number of hydrogen-bond donors (Lipinski definition) is 29. The number of aliphatic hydroxyl groups excluding tert-OH is 28. The molecule has 30 N–H and O–H groups in total. The molecule has 0 spiro atoms. The van der Waals surface area contributed by atoms with Crippen molar-refractivity contribution >= 4 is 0 Å². The molecule has 0 aliphatic carbocycles. The minimum Gasteiger partial charge on any atom is -0.394 e. The molecule has 620 valence electrons. The molecule has 9 fully saturated rings. The summed E-state index contributed by atoms with van der Waals surface area (Å²) in [6.07, 6.45) is -92.1. The second kappa shape index (κ2) is 39.4. The maximum absolute atomic E-state index is 12.4. The normalized spacial score (nSPS) is 51.3. The smallest absolute Gasteiger partial charge is 0.187 e. The SMILES string of the molecule is NCCCCCO[C@@H]1O[C@H](CO[C@H]2O[C@H](CO[C@H]3O[C@H](CO)[C@@H](O)[C@H](O)[C@@H]3O[C@H]3O[C@H](CO)[C@@H](O)[C@H](O)[C@@H]3O)[C@@H](O)[C@H](O[C@H]3O[C@H](CO)[C@@H](O)[C@H](O)[C@@H]3O[C@H]3O[C@H](CO)[C@@H](O)[C@H](O)[C@@H]3O)[C@@H]2O)[C@@H](O)[C@H](O[C@H]2O[C@H](CO)[C@@H](O)[C@H](O)[C@@H]2O[C@H]2O[C@H](CO)[C@@H](O)[C@H](O)[C@@H]2O[C@H]2O[C@H](CO)[C@@H](O)[C@H](O)[C@@H]2O)[C@@H]1O. The summed E-state index contributed by atoms with van der Waals surface area (Å²) in [5.74, 6) is 0. The third-order valence-corrected chi connectivity index (χ3v) is 19.9. The van der Waals surface area contributed by atoms with E-state index in [0.29, 0.717) is 12.8 Å². The minimum absolute atomic E-state index is 0.222. The lowest BCUT2D eigenvalue weighted by molar-refractivity contribution is -0.405. The molecule has 47 heteroatoms. The van der Waals surface area contributed by atoms with Gasteiger partial charge in [-0.1, -0.05) is 0 Å². The van der Waals surface area contributed by atoms with Crippen molar-refractivity contribution in [3.63, 3.8) is 0 Å².